The predicted octanol–water partition coefficient (Wildman–Crippen LogP) is 3.13. The summed E-state index contributed by atoms with van der Waals surface area (Å²) >= 11 is 1.51. The molecule has 1 N–H and O–H groups in total. The van der Waals surface area contributed by atoms with E-state index >= 15 is 0 Å². The number of carbonyl (C=O) groups is 2. The highest BCUT2D eigenvalue weighted by Gasteiger charge is 2.28. The first-order valence-corrected chi connectivity index (χ1v) is 11.5. The summed E-state index contributed by atoms with van der Waals surface area (Å²) in [5.74, 6) is -0.189. The molecule has 1 aliphatic rings. The van der Waals surface area contributed by atoms with Crippen LogP contribution in [-0.4, -0.2) is 39.7 Å². The maximum atomic E-state index is 13.4. The summed E-state index contributed by atoms with van der Waals surface area (Å²) in [4.78, 5) is 24.6. The van der Waals surface area contributed by atoms with E-state index in [0.29, 0.717) is 17.1 Å². The standard InChI is InChI=1S/C20H22N2O5S2/c1-14-13-28-18-9-8-16(12-17(18)21-20(14)24)29(25,26)22(11-10-19(23)27-2)15-6-4-3-5-7-15/h3-9,12,14H,10-11,13H2,1-2H3,(H,21,24)/t14-/m0/s1. The Balaban J connectivity index is 1.99. The summed E-state index contributed by atoms with van der Waals surface area (Å²) < 4.78 is 32.6. The molecule has 2 aromatic rings. The van der Waals surface area contributed by atoms with Crippen LogP contribution in [0.1, 0.15) is 13.3 Å². The molecule has 1 heterocycles. The molecule has 29 heavy (non-hydrogen) atoms. The first-order chi connectivity index (χ1) is 13.8. The molecule has 1 amide bonds. The van der Waals surface area contributed by atoms with Crippen LogP contribution in [0.4, 0.5) is 11.4 Å². The lowest BCUT2D eigenvalue weighted by atomic mass is 10.2. The molecule has 0 unspecified atom stereocenters. The van der Waals surface area contributed by atoms with Crippen molar-refractivity contribution >= 4 is 45.0 Å². The van der Waals surface area contributed by atoms with E-state index in [0.717, 1.165) is 4.90 Å². The van der Waals surface area contributed by atoms with Gasteiger partial charge in [-0.3, -0.25) is 13.9 Å². The van der Waals surface area contributed by atoms with E-state index in [-0.39, 0.29) is 29.7 Å². The van der Waals surface area contributed by atoms with E-state index in [1.54, 1.807) is 36.4 Å². The number of anilines is 2. The molecule has 0 radical (unpaired) electrons. The van der Waals surface area contributed by atoms with Gasteiger partial charge in [-0.2, -0.15) is 0 Å². The van der Waals surface area contributed by atoms with Crippen LogP contribution in [-0.2, 0) is 24.3 Å². The first kappa shape index (κ1) is 21.2. The molecule has 9 heteroatoms. The fourth-order valence-electron chi connectivity index (χ4n) is 2.84. The van der Waals surface area contributed by atoms with Crippen LogP contribution in [0.2, 0.25) is 0 Å². The molecule has 154 valence electrons. The molecule has 0 saturated heterocycles. The second-order valence-corrected chi connectivity index (χ2v) is 9.52. The van der Waals surface area contributed by atoms with Crippen molar-refractivity contribution in [2.24, 2.45) is 5.92 Å². The molecule has 1 atom stereocenters. The monoisotopic (exact) mass is 434 g/mol. The zero-order valence-electron chi connectivity index (χ0n) is 16.1. The Hall–Kier alpha value is -2.52. The van der Waals surface area contributed by atoms with Crippen LogP contribution in [0.15, 0.2) is 58.3 Å². The summed E-state index contributed by atoms with van der Waals surface area (Å²) in [6.45, 7) is 1.77. The van der Waals surface area contributed by atoms with Gasteiger partial charge in [0.1, 0.15) is 0 Å². The van der Waals surface area contributed by atoms with Gasteiger partial charge in [0.25, 0.3) is 10.0 Å². The molecule has 0 fully saturated rings. The van der Waals surface area contributed by atoms with Crippen molar-refractivity contribution < 1.29 is 22.7 Å². The SMILES string of the molecule is COC(=O)CCN(c1ccccc1)S(=O)(=O)c1ccc2c(c1)NC(=O)[C@@H](C)CS2. The minimum absolute atomic E-state index is 0.0421. The number of para-hydroxylation sites is 1. The van der Waals surface area contributed by atoms with E-state index < -0.39 is 16.0 Å². The van der Waals surface area contributed by atoms with Gasteiger partial charge < -0.3 is 10.1 Å². The lowest BCUT2D eigenvalue weighted by Crippen LogP contribution is -2.33. The van der Waals surface area contributed by atoms with Crippen LogP contribution < -0.4 is 9.62 Å². The molecule has 2 aromatic carbocycles. The van der Waals surface area contributed by atoms with Gasteiger partial charge in [0.15, 0.2) is 0 Å². The number of carbonyl (C=O) groups excluding carboxylic acids is 2. The lowest BCUT2D eigenvalue weighted by Gasteiger charge is -2.24. The second kappa shape index (κ2) is 8.87. The van der Waals surface area contributed by atoms with E-state index in [2.05, 4.69) is 10.1 Å². The number of esters is 1. The van der Waals surface area contributed by atoms with Crippen LogP contribution in [0.25, 0.3) is 0 Å². The van der Waals surface area contributed by atoms with Crippen LogP contribution in [0, 0.1) is 5.92 Å². The molecule has 0 aliphatic carbocycles. The van der Waals surface area contributed by atoms with E-state index in [4.69, 9.17) is 0 Å². The Morgan fingerprint density at radius 3 is 2.66 bits per heavy atom. The zero-order valence-corrected chi connectivity index (χ0v) is 17.8. The molecule has 0 bridgehead atoms. The van der Waals surface area contributed by atoms with Gasteiger partial charge in [0.2, 0.25) is 5.91 Å². The minimum atomic E-state index is -3.97. The van der Waals surface area contributed by atoms with Crippen LogP contribution >= 0.6 is 11.8 Å². The van der Waals surface area contributed by atoms with Gasteiger partial charge in [0.05, 0.1) is 29.8 Å². The highest BCUT2D eigenvalue weighted by Crippen LogP contribution is 2.35. The number of benzene rings is 2. The average molecular weight is 435 g/mol. The lowest BCUT2D eigenvalue weighted by molar-refractivity contribution is -0.140. The predicted molar refractivity (Wildman–Crippen MR) is 113 cm³/mol. The van der Waals surface area contributed by atoms with Crippen molar-refractivity contribution in [2.75, 3.05) is 29.0 Å². The number of hydrogen-bond acceptors (Lipinski definition) is 6. The van der Waals surface area contributed by atoms with Crippen molar-refractivity contribution in [3.63, 3.8) is 0 Å². The van der Waals surface area contributed by atoms with Crippen molar-refractivity contribution in [3.8, 4) is 0 Å². The highest BCUT2D eigenvalue weighted by atomic mass is 32.2. The quantitative estimate of drug-likeness (QED) is 0.702. The molecule has 1 aliphatic heterocycles. The van der Waals surface area contributed by atoms with Gasteiger partial charge in [-0.05, 0) is 30.3 Å². The number of thioether (sulfide) groups is 1. The van der Waals surface area contributed by atoms with Crippen molar-refractivity contribution in [2.45, 2.75) is 23.1 Å². The summed E-state index contributed by atoms with van der Waals surface area (Å²) in [7, 11) is -2.71. The number of rotatable bonds is 6. The smallest absolute Gasteiger partial charge is 0.307 e. The Kier molecular flexibility index (Phi) is 6.49. The molecular weight excluding hydrogens is 412 g/mol. The minimum Gasteiger partial charge on any atom is -0.469 e. The summed E-state index contributed by atoms with van der Waals surface area (Å²) in [6.07, 6.45) is -0.0837. The number of nitrogens with zero attached hydrogens (tertiary/aromatic N) is 1. The Morgan fingerprint density at radius 2 is 1.97 bits per heavy atom. The maximum absolute atomic E-state index is 13.4. The fraction of sp³-hybridized carbons (Fsp3) is 0.300. The number of nitrogens with one attached hydrogen (secondary N) is 1. The second-order valence-electron chi connectivity index (χ2n) is 6.60. The first-order valence-electron chi connectivity index (χ1n) is 9.05. The summed E-state index contributed by atoms with van der Waals surface area (Å²) in [5, 5.41) is 2.81. The summed E-state index contributed by atoms with van der Waals surface area (Å²) in [6, 6.07) is 13.3. The largest absolute Gasteiger partial charge is 0.469 e. The normalized spacial score (nSPS) is 16.3. The van der Waals surface area contributed by atoms with Gasteiger partial charge in [-0.1, -0.05) is 25.1 Å². The number of amides is 1. The van der Waals surface area contributed by atoms with Crippen LogP contribution in [0.3, 0.4) is 0 Å². The van der Waals surface area contributed by atoms with Gasteiger partial charge >= 0.3 is 5.97 Å². The van der Waals surface area contributed by atoms with Crippen molar-refractivity contribution in [3.05, 3.63) is 48.5 Å². The van der Waals surface area contributed by atoms with Crippen molar-refractivity contribution in [1.82, 2.24) is 0 Å². The number of sulfonamides is 1. The van der Waals surface area contributed by atoms with Crippen molar-refractivity contribution in [1.29, 1.82) is 0 Å². The fourth-order valence-corrected chi connectivity index (χ4v) is 5.35. The number of ether oxygens (including phenoxy) is 1. The van der Waals surface area contributed by atoms with E-state index in [1.165, 1.54) is 35.3 Å². The van der Waals surface area contributed by atoms with E-state index in [1.807, 2.05) is 6.92 Å². The average Bonchev–Trinajstić information content (AvgIpc) is 2.86. The molecule has 7 nitrogen and oxygen atoms in total. The summed E-state index contributed by atoms with van der Waals surface area (Å²) in [5.41, 5.74) is 0.921. The van der Waals surface area contributed by atoms with E-state index in [9.17, 15) is 18.0 Å². The van der Waals surface area contributed by atoms with Gasteiger partial charge in [-0.15, -0.1) is 11.8 Å². The zero-order chi connectivity index (χ0) is 21.0. The van der Waals surface area contributed by atoms with Crippen LogP contribution in [0.5, 0.6) is 0 Å². The number of methoxy groups -OCH3 is 1. The molecule has 3 rings (SSSR count). The Morgan fingerprint density at radius 1 is 1.24 bits per heavy atom. The van der Waals surface area contributed by atoms with Gasteiger partial charge in [-0.25, -0.2) is 8.42 Å². The maximum Gasteiger partial charge on any atom is 0.307 e. The van der Waals surface area contributed by atoms with Gasteiger partial charge in [0, 0.05) is 23.1 Å². The Bertz CT molecular complexity index is 1010. The molecule has 0 saturated carbocycles. The third kappa shape index (κ3) is 4.73. The topological polar surface area (TPSA) is 92.8 Å². The molecular formula is C20H22N2O5S2. The third-order valence-electron chi connectivity index (χ3n) is 4.52. The molecule has 0 aromatic heterocycles. The number of hydrogen-bond donors (Lipinski definition) is 1. The molecule has 0 spiro atoms. The Labute approximate surface area is 174 Å². The third-order valence-corrected chi connectivity index (χ3v) is 7.68. The number of fused-ring (bicyclic) bond motifs is 1. The highest BCUT2D eigenvalue weighted by molar-refractivity contribution is 7.99.